The first-order valence-electron chi connectivity index (χ1n) is 6.99. The van der Waals surface area contributed by atoms with Crippen molar-refractivity contribution in [3.05, 3.63) is 29.8 Å². The van der Waals surface area contributed by atoms with E-state index >= 15 is 0 Å². The van der Waals surface area contributed by atoms with Gasteiger partial charge in [-0.1, -0.05) is 0 Å². The molecule has 116 valence electrons. The van der Waals surface area contributed by atoms with Gasteiger partial charge in [0.2, 0.25) is 0 Å². The number of benzene rings is 1. The fraction of sp³-hybridized carbons (Fsp3) is 0.533. The lowest BCUT2D eigenvalue weighted by molar-refractivity contribution is -0.129. The Balaban J connectivity index is 1.97. The topological polar surface area (TPSA) is 64.3 Å². The van der Waals surface area contributed by atoms with Crippen molar-refractivity contribution in [2.75, 3.05) is 6.54 Å². The molecule has 2 rings (SSSR count). The average molecular weight is 298 g/mol. The fourth-order valence-electron chi connectivity index (χ4n) is 2.23. The van der Waals surface area contributed by atoms with Crippen LogP contribution in [-0.4, -0.2) is 24.1 Å². The summed E-state index contributed by atoms with van der Waals surface area (Å²) in [6.07, 6.45) is 1.28. The van der Waals surface area contributed by atoms with E-state index in [0.717, 1.165) is 25.0 Å². The van der Waals surface area contributed by atoms with E-state index in [4.69, 9.17) is 10.5 Å². The quantitative estimate of drug-likeness (QED) is 0.844. The van der Waals surface area contributed by atoms with Crippen LogP contribution in [0.4, 0.5) is 8.78 Å². The largest absolute Gasteiger partial charge is 0.481 e. The first kappa shape index (κ1) is 15.7. The molecular formula is C15H20F2N2O2. The zero-order valence-corrected chi connectivity index (χ0v) is 12.2. The molecule has 1 amide bonds. The van der Waals surface area contributed by atoms with Gasteiger partial charge in [0.1, 0.15) is 5.75 Å². The maximum atomic E-state index is 13.1. The molecule has 3 N–H and O–H groups in total. The maximum absolute atomic E-state index is 13.1. The Hall–Kier alpha value is -1.69. The normalized spacial score (nSPS) is 18.7. The van der Waals surface area contributed by atoms with Crippen LogP contribution in [0.25, 0.3) is 0 Å². The minimum atomic E-state index is -1.01. The molecule has 1 aromatic rings. The van der Waals surface area contributed by atoms with E-state index in [1.807, 2.05) is 6.92 Å². The molecule has 6 heteroatoms. The molecular weight excluding hydrogens is 278 g/mol. The lowest BCUT2D eigenvalue weighted by atomic mass is 9.95. The minimum Gasteiger partial charge on any atom is -0.481 e. The monoisotopic (exact) mass is 298 g/mol. The molecule has 0 saturated heterocycles. The molecule has 1 aliphatic carbocycles. The summed E-state index contributed by atoms with van der Waals surface area (Å²) in [6, 6.07) is 3.16. The van der Waals surface area contributed by atoms with E-state index in [0.29, 0.717) is 12.5 Å². The van der Waals surface area contributed by atoms with Gasteiger partial charge in [-0.2, -0.15) is 0 Å². The predicted molar refractivity (Wildman–Crippen MR) is 74.8 cm³/mol. The summed E-state index contributed by atoms with van der Waals surface area (Å²) < 4.78 is 31.3. The molecule has 0 bridgehead atoms. The van der Waals surface area contributed by atoms with E-state index < -0.39 is 23.3 Å². The van der Waals surface area contributed by atoms with Gasteiger partial charge in [0.25, 0.3) is 5.91 Å². The number of hydrogen-bond donors (Lipinski definition) is 2. The van der Waals surface area contributed by atoms with Gasteiger partial charge < -0.3 is 15.8 Å². The highest BCUT2D eigenvalue weighted by molar-refractivity contribution is 5.81. The molecule has 1 saturated carbocycles. The molecule has 0 aliphatic heterocycles. The van der Waals surface area contributed by atoms with Crippen molar-refractivity contribution in [1.82, 2.24) is 5.32 Å². The van der Waals surface area contributed by atoms with Gasteiger partial charge in [-0.15, -0.1) is 0 Å². The Kier molecular flexibility index (Phi) is 4.46. The Morgan fingerprint density at radius 1 is 1.48 bits per heavy atom. The zero-order chi connectivity index (χ0) is 15.6. The van der Waals surface area contributed by atoms with E-state index in [1.165, 1.54) is 6.07 Å². The molecule has 1 aromatic carbocycles. The molecule has 2 unspecified atom stereocenters. The van der Waals surface area contributed by atoms with Gasteiger partial charge in [-0.3, -0.25) is 4.79 Å². The molecule has 0 aromatic heterocycles. The van der Waals surface area contributed by atoms with E-state index in [1.54, 1.807) is 6.92 Å². The number of nitrogens with two attached hydrogens (primary N) is 1. The van der Waals surface area contributed by atoms with Crippen LogP contribution in [0.3, 0.4) is 0 Å². The van der Waals surface area contributed by atoms with Gasteiger partial charge in [-0.25, -0.2) is 8.78 Å². The second kappa shape index (κ2) is 5.97. The summed E-state index contributed by atoms with van der Waals surface area (Å²) in [4.78, 5) is 12.1. The summed E-state index contributed by atoms with van der Waals surface area (Å²) in [5.41, 5.74) is 5.30. The van der Waals surface area contributed by atoms with Gasteiger partial charge in [0, 0.05) is 12.6 Å². The molecule has 0 radical (unpaired) electrons. The van der Waals surface area contributed by atoms with Crippen LogP contribution in [-0.2, 0) is 4.79 Å². The average Bonchev–Trinajstić information content (AvgIpc) is 3.27. The second-order valence-corrected chi connectivity index (χ2v) is 5.72. The summed E-state index contributed by atoms with van der Waals surface area (Å²) in [5, 5.41) is 2.89. The Morgan fingerprint density at radius 2 is 2.14 bits per heavy atom. The van der Waals surface area contributed by atoms with Crippen LogP contribution in [0.2, 0.25) is 0 Å². The number of amides is 1. The molecule has 0 spiro atoms. The summed E-state index contributed by atoms with van der Waals surface area (Å²) in [7, 11) is 0. The van der Waals surface area contributed by atoms with Crippen LogP contribution in [0.5, 0.6) is 5.75 Å². The van der Waals surface area contributed by atoms with Crippen molar-refractivity contribution in [3.63, 3.8) is 0 Å². The predicted octanol–water partition coefficient (Wildman–Crippen LogP) is 1.98. The fourth-order valence-corrected chi connectivity index (χ4v) is 2.23. The third-order valence-electron chi connectivity index (χ3n) is 3.88. The Labute approximate surface area is 122 Å². The van der Waals surface area contributed by atoms with Crippen LogP contribution in [0.15, 0.2) is 18.2 Å². The van der Waals surface area contributed by atoms with Gasteiger partial charge in [0.15, 0.2) is 17.7 Å². The highest BCUT2D eigenvalue weighted by Crippen LogP contribution is 2.39. The molecule has 0 heterocycles. The highest BCUT2D eigenvalue weighted by Gasteiger charge is 2.42. The van der Waals surface area contributed by atoms with Crippen molar-refractivity contribution in [1.29, 1.82) is 0 Å². The number of rotatable bonds is 6. The van der Waals surface area contributed by atoms with Gasteiger partial charge >= 0.3 is 0 Å². The van der Waals surface area contributed by atoms with E-state index in [9.17, 15) is 13.6 Å². The number of halogens is 2. The van der Waals surface area contributed by atoms with Crippen molar-refractivity contribution < 1.29 is 18.3 Å². The Morgan fingerprint density at radius 3 is 2.67 bits per heavy atom. The molecule has 1 fully saturated rings. The SMILES string of the molecule is CC(Oc1ccc(F)c(F)c1)C(=O)NC(C)(CN)C1CC1. The van der Waals surface area contributed by atoms with Crippen LogP contribution in [0, 0.1) is 17.6 Å². The molecule has 4 nitrogen and oxygen atoms in total. The van der Waals surface area contributed by atoms with Gasteiger partial charge in [0.05, 0.1) is 5.54 Å². The first-order valence-corrected chi connectivity index (χ1v) is 6.99. The number of hydrogen-bond acceptors (Lipinski definition) is 3. The third-order valence-corrected chi connectivity index (χ3v) is 3.88. The smallest absolute Gasteiger partial charge is 0.261 e. The number of carbonyl (C=O) groups excluding carboxylic acids is 1. The van der Waals surface area contributed by atoms with E-state index in [-0.39, 0.29) is 11.7 Å². The lowest BCUT2D eigenvalue weighted by Gasteiger charge is -2.30. The third kappa shape index (κ3) is 3.69. The van der Waals surface area contributed by atoms with Crippen LogP contribution >= 0.6 is 0 Å². The molecule has 21 heavy (non-hydrogen) atoms. The zero-order valence-electron chi connectivity index (χ0n) is 12.2. The summed E-state index contributed by atoms with van der Waals surface area (Å²) >= 11 is 0. The number of carbonyl (C=O) groups is 1. The van der Waals surface area contributed by atoms with Crippen molar-refractivity contribution >= 4 is 5.91 Å². The van der Waals surface area contributed by atoms with Crippen LogP contribution in [0.1, 0.15) is 26.7 Å². The Bertz CT molecular complexity index is 534. The van der Waals surface area contributed by atoms with Crippen molar-refractivity contribution in [3.8, 4) is 5.75 Å². The second-order valence-electron chi connectivity index (χ2n) is 5.72. The lowest BCUT2D eigenvalue weighted by Crippen LogP contribution is -2.56. The van der Waals surface area contributed by atoms with E-state index in [2.05, 4.69) is 5.32 Å². The van der Waals surface area contributed by atoms with Crippen LogP contribution < -0.4 is 15.8 Å². The molecule has 1 aliphatic rings. The number of ether oxygens (including phenoxy) is 1. The van der Waals surface area contributed by atoms with Gasteiger partial charge in [-0.05, 0) is 44.7 Å². The van der Waals surface area contributed by atoms with Crippen molar-refractivity contribution in [2.45, 2.75) is 38.3 Å². The highest BCUT2D eigenvalue weighted by atomic mass is 19.2. The summed E-state index contributed by atoms with van der Waals surface area (Å²) in [5.74, 6) is -1.78. The maximum Gasteiger partial charge on any atom is 0.261 e. The minimum absolute atomic E-state index is 0.109. The molecule has 2 atom stereocenters. The van der Waals surface area contributed by atoms with Crippen molar-refractivity contribution in [2.24, 2.45) is 11.7 Å². The first-order chi connectivity index (χ1) is 9.85. The number of nitrogens with one attached hydrogen (secondary N) is 1. The standard InChI is InChI=1S/C15H20F2N2O2/c1-9(21-11-5-6-12(16)13(17)7-11)14(20)19-15(2,8-18)10-3-4-10/h5-7,9-10H,3-4,8,18H2,1-2H3,(H,19,20). The summed E-state index contributed by atoms with van der Waals surface area (Å²) in [6.45, 7) is 3.81.